The lowest BCUT2D eigenvalue weighted by Crippen LogP contribution is -2.60. The maximum absolute atomic E-state index is 15.0. The van der Waals surface area contributed by atoms with Gasteiger partial charge in [-0.25, -0.2) is 0 Å². The first-order valence-electron chi connectivity index (χ1n) is 51.1. The van der Waals surface area contributed by atoms with Crippen LogP contribution < -0.4 is 126 Å². The zero-order chi connectivity index (χ0) is 104. The Balaban J connectivity index is 1.81. The van der Waals surface area contributed by atoms with E-state index < -0.39 is 174 Å². The number of fused-ring (bicyclic) bond motifs is 1. The van der Waals surface area contributed by atoms with Crippen LogP contribution in [0.25, 0.3) is 10.9 Å². The van der Waals surface area contributed by atoms with Gasteiger partial charge in [-0.2, -0.15) is 0 Å². The zero-order valence-corrected chi connectivity index (χ0v) is 84.6. The minimum Gasteiger partial charge on any atom is -0.508 e. The van der Waals surface area contributed by atoms with E-state index in [9.17, 15) is 77.0 Å². The topological polar surface area (TPSA) is 710 Å². The second-order valence-corrected chi connectivity index (χ2v) is 37.5. The smallest absolute Gasteiger partial charge is 0.243 e. The first-order valence-corrected chi connectivity index (χ1v) is 51.1. The van der Waals surface area contributed by atoms with Gasteiger partial charge in [-0.15, -0.1) is 0 Å². The Labute approximate surface area is 832 Å². The molecule has 33 N–H and O–H groups in total. The van der Waals surface area contributed by atoms with Crippen LogP contribution in [0.3, 0.4) is 0 Å². The van der Waals surface area contributed by atoms with Crippen molar-refractivity contribution in [3.63, 3.8) is 0 Å². The number of aromatic hydroxyl groups is 1. The van der Waals surface area contributed by atoms with Crippen LogP contribution in [0, 0.1) is 11.8 Å². The molecule has 0 saturated carbocycles. The summed E-state index contributed by atoms with van der Waals surface area (Å²) < 4.78 is 0. The van der Waals surface area contributed by atoms with Crippen molar-refractivity contribution in [2.75, 3.05) is 58.9 Å². The number of unbranched alkanes of at least 4 members (excludes halogenated alkanes) is 18. The summed E-state index contributed by atoms with van der Waals surface area (Å²) in [6.07, 6.45) is 22.2. The molecule has 0 spiro atoms. The van der Waals surface area contributed by atoms with E-state index in [1.807, 2.05) is 52.0 Å². The average Bonchev–Trinajstić information content (AvgIpc) is 1.75. The van der Waals surface area contributed by atoms with E-state index in [-0.39, 0.29) is 165 Å². The largest absolute Gasteiger partial charge is 0.508 e. The number of carbonyl (C=O) groups excluding carboxylic acids is 16. The molecule has 0 aliphatic rings. The molecule has 3 rings (SSSR count). The predicted octanol–water partition coefficient (Wildman–Crippen LogP) is 1.79. The van der Waals surface area contributed by atoms with Crippen molar-refractivity contribution in [3.8, 4) is 5.75 Å². The third kappa shape index (κ3) is 54.3. The normalized spacial score (nSPS) is 13.8. The SMILES string of the molecule is CCCCCCCCCCCCCCCC(=O)NCCCC[C@@H](NC(=O)[C@H](CCCCN)NC(=O)[C@H](CCCCN)NC(=O)[C@H](CCCCN)NC(=O)[C@H](Cc1ccc(O)cc1)NC(=O)[C@@H](N)Cc1c[nH]c2ccccc12)C(=O)N[C@@H](CCCCN)C(=O)NCCCCC(=O)NCC(=O)N[C@@H](CCCN=C(N)N)C(=O)N[C@@H](C)C(=O)N[C@@H](C)C(=O)NCC(=O)N[C@@H](CC(C)C)C(=O)N[C@@H](CC(C)C)C(N)=O. The minimum atomic E-state index is -1.34. The molecule has 42 heteroatoms. The van der Waals surface area contributed by atoms with E-state index in [0.717, 1.165) is 42.1 Å². The van der Waals surface area contributed by atoms with Crippen LogP contribution in [-0.2, 0) is 89.6 Å². The summed E-state index contributed by atoms with van der Waals surface area (Å²) in [5.74, 6) is -11.4. The first-order chi connectivity index (χ1) is 67.4. The third-order valence-corrected chi connectivity index (χ3v) is 24.0. The van der Waals surface area contributed by atoms with Crippen LogP contribution in [0.5, 0.6) is 5.75 Å². The molecule has 141 heavy (non-hydrogen) atoms. The summed E-state index contributed by atoms with van der Waals surface area (Å²) in [4.78, 5) is 228. The number of aromatic nitrogens is 1. The van der Waals surface area contributed by atoms with Gasteiger partial charge in [0.2, 0.25) is 94.5 Å². The molecule has 16 amide bonds. The van der Waals surface area contributed by atoms with Crippen molar-refractivity contribution in [3.05, 3.63) is 65.9 Å². The van der Waals surface area contributed by atoms with Crippen LogP contribution in [-0.4, -0.2) is 242 Å². The maximum Gasteiger partial charge on any atom is 0.243 e. The number of carbonyl (C=O) groups is 16. The number of aliphatic imine (C=N–C) groups is 1. The molecular formula is C99H171N25O17. The van der Waals surface area contributed by atoms with E-state index in [0.29, 0.717) is 76.2 Å². The quantitative estimate of drug-likeness (QED) is 0.0218. The molecular weight excluding hydrogens is 1810 g/mol. The van der Waals surface area contributed by atoms with E-state index in [2.05, 4.69) is 96.7 Å². The number of nitrogens with zero attached hydrogens (tertiary/aromatic N) is 1. The van der Waals surface area contributed by atoms with Crippen LogP contribution in [0.15, 0.2) is 59.7 Å². The van der Waals surface area contributed by atoms with Crippen molar-refractivity contribution in [1.82, 2.24) is 84.7 Å². The van der Waals surface area contributed by atoms with Gasteiger partial charge in [0, 0.05) is 56.0 Å². The Morgan fingerprint density at radius 1 is 0.348 bits per heavy atom. The fourth-order valence-corrected chi connectivity index (χ4v) is 15.8. The number of H-pyrrole nitrogens is 1. The van der Waals surface area contributed by atoms with Gasteiger partial charge in [0.05, 0.1) is 19.1 Å². The van der Waals surface area contributed by atoms with Crippen molar-refractivity contribution in [2.45, 2.75) is 365 Å². The molecule has 0 radical (unpaired) electrons. The fourth-order valence-electron chi connectivity index (χ4n) is 15.8. The molecule has 3 aromatic rings. The highest BCUT2D eigenvalue weighted by Crippen LogP contribution is 2.22. The van der Waals surface area contributed by atoms with Gasteiger partial charge in [0.15, 0.2) is 5.96 Å². The number of aromatic amines is 1. The number of primary amides is 1. The number of rotatable bonds is 79. The zero-order valence-electron chi connectivity index (χ0n) is 84.6. The molecule has 1 aromatic heterocycles. The first kappa shape index (κ1) is 124. The highest BCUT2D eigenvalue weighted by atomic mass is 16.3. The lowest BCUT2D eigenvalue weighted by atomic mass is 10.0. The van der Waals surface area contributed by atoms with Gasteiger partial charge in [-0.1, -0.05) is 142 Å². The standard InChI is InChI=1S/C99H171N25O17/c1-8-9-10-11-12-13-14-15-16-17-18-19-20-44-83(126)108-54-33-27-42-79(121-95(138)77(40-25-31-52-102)119-94(137)76(39-24-30-51-101)120-96(139)78(41-26-32-53-103)122-98(141)82(59-68-46-48-70(125)49-47-68)124-90(133)72(104)60-69-61-111-73-37-22-21-36-71(69)73)93(136)118-74(38-23-29-50-100)91(134)109-55-34-28-45-84(127)112-62-85(128)116-75(43-35-56-110-99(106)107)92(135)115-67(7)89(132)114-66(6)88(131)113-63-86(129)117-81(58-65(4)5)97(140)123-80(87(105)130)57-64(2)3/h21-22,36-37,46-49,61,64-67,72,74-82,111,125H,8-20,23-35,38-45,50-60,62-63,100-104H2,1-7H3,(H2,105,130)(H,108,126)(H,109,134)(H,112,127)(H,113,131)(H,114,132)(H,115,135)(H,116,128)(H,117,129)(H,118,136)(H,119,137)(H,120,139)(H,121,138)(H,122,141)(H,123,140)(H,124,133)(H4,106,107,110)/t66-,67-,72-,74-,75-,76-,77-,78-,79+,80-,81-,82-/m0/s1. The van der Waals surface area contributed by atoms with Crippen molar-refractivity contribution in [1.29, 1.82) is 0 Å². The monoisotopic (exact) mass is 1980 g/mol. The highest BCUT2D eigenvalue weighted by Gasteiger charge is 2.36. The van der Waals surface area contributed by atoms with E-state index in [4.69, 9.17) is 45.9 Å². The lowest BCUT2D eigenvalue weighted by molar-refractivity contribution is -0.136. The molecule has 0 aliphatic carbocycles. The molecule has 0 aliphatic heterocycles. The highest BCUT2D eigenvalue weighted by molar-refractivity contribution is 5.99. The van der Waals surface area contributed by atoms with E-state index >= 15 is 4.79 Å². The molecule has 0 fully saturated rings. The molecule has 42 nitrogen and oxygen atoms in total. The Bertz CT molecular complexity index is 4300. The van der Waals surface area contributed by atoms with Crippen LogP contribution in [0.1, 0.15) is 291 Å². The third-order valence-electron chi connectivity index (χ3n) is 24.0. The number of phenolic OH excluding ortho intramolecular Hbond substituents is 1. The number of phenols is 1. The number of benzene rings is 2. The number of amides is 16. The summed E-state index contributed by atoms with van der Waals surface area (Å²) in [7, 11) is 0. The van der Waals surface area contributed by atoms with Crippen molar-refractivity contribution in [2.24, 2.45) is 62.7 Å². The number of nitrogens with two attached hydrogens (primary N) is 8. The summed E-state index contributed by atoms with van der Waals surface area (Å²) >= 11 is 0. The van der Waals surface area contributed by atoms with Gasteiger partial charge in [-0.3, -0.25) is 81.7 Å². The Morgan fingerprint density at radius 2 is 0.723 bits per heavy atom. The molecule has 794 valence electrons. The van der Waals surface area contributed by atoms with Gasteiger partial charge in [-0.05, 0) is 229 Å². The summed E-state index contributed by atoms with van der Waals surface area (Å²) in [6.45, 7) is 12.4. The Hall–Kier alpha value is -11.6. The number of hydrogen-bond donors (Lipinski definition) is 25. The number of hydrogen-bond acceptors (Lipinski definition) is 23. The van der Waals surface area contributed by atoms with Crippen LogP contribution in [0.4, 0.5) is 0 Å². The molecule has 0 bridgehead atoms. The van der Waals surface area contributed by atoms with Gasteiger partial charge >= 0.3 is 0 Å². The van der Waals surface area contributed by atoms with Crippen LogP contribution >= 0.6 is 0 Å². The van der Waals surface area contributed by atoms with Crippen molar-refractivity contribution >= 4 is 111 Å². The van der Waals surface area contributed by atoms with E-state index in [1.165, 1.54) is 83.8 Å². The Kier molecular flexibility index (Phi) is 63.6. The molecule has 0 unspecified atom stereocenters. The van der Waals surface area contributed by atoms with Crippen molar-refractivity contribution < 1.29 is 81.8 Å². The second kappa shape index (κ2) is 72.6. The Morgan fingerprint density at radius 3 is 1.21 bits per heavy atom. The maximum atomic E-state index is 15.0. The molecule has 1 heterocycles. The van der Waals surface area contributed by atoms with Gasteiger partial charge < -0.3 is 136 Å². The number of guanidine groups is 1. The average molecular weight is 1980 g/mol. The molecule has 12 atom stereocenters. The van der Waals surface area contributed by atoms with E-state index in [1.54, 1.807) is 18.3 Å². The molecule has 0 saturated heterocycles. The summed E-state index contributed by atoms with van der Waals surface area (Å²) in [6, 6.07) is -1.21. The fraction of sp³-hybridized carbons (Fsp3) is 0.687. The number of nitrogens with one attached hydrogen (secondary N) is 16. The van der Waals surface area contributed by atoms with Gasteiger partial charge in [0.25, 0.3) is 0 Å². The van der Waals surface area contributed by atoms with Gasteiger partial charge in [0.1, 0.15) is 72.2 Å². The van der Waals surface area contributed by atoms with Crippen LogP contribution in [0.2, 0.25) is 0 Å². The predicted molar refractivity (Wildman–Crippen MR) is 544 cm³/mol. The minimum absolute atomic E-state index is 0.00570. The lowest BCUT2D eigenvalue weighted by Gasteiger charge is -2.28. The summed E-state index contributed by atoms with van der Waals surface area (Å²) in [5, 5.41) is 51.5. The number of para-hydroxylation sites is 1. The second-order valence-electron chi connectivity index (χ2n) is 37.5. The summed E-state index contributed by atoms with van der Waals surface area (Å²) in [5.41, 5.74) is 49.0. The molecule has 2 aromatic carbocycles.